The molecule has 0 spiro atoms. The molecule has 0 bridgehead atoms. The van der Waals surface area contributed by atoms with Crippen LogP contribution in [0.4, 0.5) is 10.5 Å². The van der Waals surface area contributed by atoms with Crippen LogP contribution < -0.4 is 14.8 Å². The number of anilines is 1. The van der Waals surface area contributed by atoms with Gasteiger partial charge in [-0.05, 0) is 80.1 Å². The quantitative estimate of drug-likeness (QED) is 0.187. The van der Waals surface area contributed by atoms with Crippen LogP contribution in [0, 0.1) is 5.92 Å². The second kappa shape index (κ2) is 16.1. The summed E-state index contributed by atoms with van der Waals surface area (Å²) in [5.41, 5.74) is 2.23. The first-order valence-electron chi connectivity index (χ1n) is 12.3. The van der Waals surface area contributed by atoms with Crippen molar-refractivity contribution in [2.75, 3.05) is 32.2 Å². The molecule has 0 unspecified atom stereocenters. The van der Waals surface area contributed by atoms with E-state index in [9.17, 15) is 9.59 Å². The number of hydrogen-bond acceptors (Lipinski definition) is 7. The van der Waals surface area contributed by atoms with Crippen molar-refractivity contribution in [1.82, 2.24) is 0 Å². The zero-order valence-electron chi connectivity index (χ0n) is 21.9. The maximum absolute atomic E-state index is 12.8. The van der Waals surface area contributed by atoms with Crippen LogP contribution in [-0.4, -0.2) is 44.1 Å². The standard InChI is InChI=1S/C29H37NO7/c1-5-35-27(32)20-21(2)8-6-7-9-22(3)28(23-10-14-26(15-11-23)36-19-18-31)37-29(33)30-24-12-16-25(34-4)17-13-24/h6,8,10-17,20,22,28,31H,5,7,9,18-19H2,1-4H3,(H,30,33)/b8-6+,21-20+/t22-,28+/m0/s1. The Morgan fingerprint density at radius 2 is 1.73 bits per heavy atom. The predicted octanol–water partition coefficient (Wildman–Crippen LogP) is 5.84. The van der Waals surface area contributed by atoms with E-state index < -0.39 is 12.2 Å². The van der Waals surface area contributed by atoms with Gasteiger partial charge in [0.1, 0.15) is 24.2 Å². The van der Waals surface area contributed by atoms with E-state index in [0.717, 1.165) is 24.0 Å². The molecule has 0 saturated heterocycles. The highest BCUT2D eigenvalue weighted by Gasteiger charge is 2.23. The third-order valence-electron chi connectivity index (χ3n) is 5.46. The van der Waals surface area contributed by atoms with Gasteiger partial charge in [0, 0.05) is 11.8 Å². The molecular formula is C29H37NO7. The van der Waals surface area contributed by atoms with Crippen LogP contribution in [0.5, 0.6) is 11.5 Å². The first-order valence-corrected chi connectivity index (χ1v) is 12.3. The van der Waals surface area contributed by atoms with E-state index in [1.165, 1.54) is 6.08 Å². The number of esters is 1. The Labute approximate surface area is 218 Å². The number of allylic oxidation sites excluding steroid dienone is 3. The SMILES string of the molecule is CCOC(=O)/C=C(C)/C=C/CC[C@H](C)[C@@H](OC(=O)Nc1ccc(OC)cc1)c1ccc(OCCO)cc1. The summed E-state index contributed by atoms with van der Waals surface area (Å²) in [5, 5.41) is 11.7. The van der Waals surface area contributed by atoms with Gasteiger partial charge in [-0.3, -0.25) is 5.32 Å². The summed E-state index contributed by atoms with van der Waals surface area (Å²) >= 11 is 0. The highest BCUT2D eigenvalue weighted by molar-refractivity contribution is 5.85. The Hall–Kier alpha value is -3.78. The smallest absolute Gasteiger partial charge is 0.412 e. The number of aliphatic hydroxyl groups is 1. The lowest BCUT2D eigenvalue weighted by Crippen LogP contribution is -2.22. The van der Waals surface area contributed by atoms with E-state index in [-0.39, 0.29) is 25.1 Å². The summed E-state index contributed by atoms with van der Waals surface area (Å²) in [4.78, 5) is 24.3. The van der Waals surface area contributed by atoms with Crippen LogP contribution in [0.3, 0.4) is 0 Å². The Morgan fingerprint density at radius 1 is 1.05 bits per heavy atom. The van der Waals surface area contributed by atoms with Crippen LogP contribution in [0.2, 0.25) is 0 Å². The van der Waals surface area contributed by atoms with Crippen LogP contribution in [-0.2, 0) is 14.3 Å². The third kappa shape index (κ3) is 10.8. The molecule has 200 valence electrons. The summed E-state index contributed by atoms with van der Waals surface area (Å²) in [6, 6.07) is 14.3. The fraction of sp³-hybridized carbons (Fsp3) is 0.379. The van der Waals surface area contributed by atoms with Gasteiger partial charge in [0.2, 0.25) is 0 Å². The lowest BCUT2D eigenvalue weighted by atomic mass is 9.93. The van der Waals surface area contributed by atoms with Crippen molar-refractivity contribution in [3.63, 3.8) is 0 Å². The molecule has 8 heteroatoms. The zero-order chi connectivity index (χ0) is 27.0. The Bertz CT molecular complexity index is 1030. The van der Waals surface area contributed by atoms with E-state index in [1.54, 1.807) is 50.4 Å². The summed E-state index contributed by atoms with van der Waals surface area (Å²) in [5.74, 6) is 0.943. The summed E-state index contributed by atoms with van der Waals surface area (Å²) in [7, 11) is 1.58. The summed E-state index contributed by atoms with van der Waals surface area (Å²) < 4.78 is 21.4. The van der Waals surface area contributed by atoms with Gasteiger partial charge in [-0.2, -0.15) is 0 Å². The van der Waals surface area contributed by atoms with Gasteiger partial charge in [-0.15, -0.1) is 0 Å². The number of amides is 1. The molecule has 0 heterocycles. The highest BCUT2D eigenvalue weighted by atomic mass is 16.6. The van der Waals surface area contributed by atoms with Gasteiger partial charge >= 0.3 is 12.1 Å². The molecule has 0 fully saturated rings. The molecule has 0 aliphatic heterocycles. The number of nitrogens with one attached hydrogen (secondary N) is 1. The topological polar surface area (TPSA) is 103 Å². The van der Waals surface area contributed by atoms with E-state index in [2.05, 4.69) is 5.32 Å². The molecule has 2 rings (SSSR count). The maximum atomic E-state index is 12.8. The van der Waals surface area contributed by atoms with Gasteiger partial charge in [0.25, 0.3) is 0 Å². The first-order chi connectivity index (χ1) is 17.9. The van der Waals surface area contributed by atoms with Gasteiger partial charge in [-0.1, -0.05) is 31.2 Å². The van der Waals surface area contributed by atoms with Crippen molar-refractivity contribution in [3.8, 4) is 11.5 Å². The summed E-state index contributed by atoms with van der Waals surface area (Å²) in [6.45, 7) is 6.10. The molecule has 0 aliphatic rings. The first kappa shape index (κ1) is 29.5. The van der Waals surface area contributed by atoms with Crippen molar-refractivity contribution in [2.45, 2.75) is 39.7 Å². The van der Waals surface area contributed by atoms with Crippen LogP contribution in [0.25, 0.3) is 0 Å². The van der Waals surface area contributed by atoms with Crippen LogP contribution >= 0.6 is 0 Å². The lowest BCUT2D eigenvalue weighted by molar-refractivity contribution is -0.137. The number of hydrogen-bond donors (Lipinski definition) is 2. The number of benzene rings is 2. The van der Waals surface area contributed by atoms with Gasteiger partial charge < -0.3 is 24.1 Å². The third-order valence-corrected chi connectivity index (χ3v) is 5.46. The minimum Gasteiger partial charge on any atom is -0.497 e. The average Bonchev–Trinajstić information content (AvgIpc) is 2.89. The van der Waals surface area contributed by atoms with Gasteiger partial charge in [0.15, 0.2) is 0 Å². The van der Waals surface area contributed by atoms with E-state index >= 15 is 0 Å². The van der Waals surface area contributed by atoms with Crippen LogP contribution in [0.15, 0.2) is 72.3 Å². The minimum absolute atomic E-state index is 0.00943. The van der Waals surface area contributed by atoms with E-state index in [4.69, 9.17) is 24.1 Å². The largest absolute Gasteiger partial charge is 0.497 e. The molecule has 2 aromatic rings. The Kier molecular flexibility index (Phi) is 12.8. The maximum Gasteiger partial charge on any atom is 0.412 e. The van der Waals surface area contributed by atoms with Crippen molar-refractivity contribution in [2.24, 2.45) is 5.92 Å². The molecule has 37 heavy (non-hydrogen) atoms. The molecule has 2 atom stereocenters. The van der Waals surface area contributed by atoms with Crippen molar-refractivity contribution >= 4 is 17.7 Å². The van der Waals surface area contributed by atoms with Crippen LogP contribution in [0.1, 0.15) is 45.3 Å². The normalized spacial score (nSPS) is 13.1. The Morgan fingerprint density at radius 3 is 2.35 bits per heavy atom. The van der Waals surface area contributed by atoms with Gasteiger partial charge in [0.05, 0.1) is 20.3 Å². The number of carbonyl (C=O) groups excluding carboxylic acids is 2. The number of methoxy groups -OCH3 is 1. The summed E-state index contributed by atoms with van der Waals surface area (Å²) in [6.07, 6.45) is 5.73. The van der Waals surface area contributed by atoms with Gasteiger partial charge in [-0.25, -0.2) is 9.59 Å². The molecule has 0 radical (unpaired) electrons. The van der Waals surface area contributed by atoms with E-state index in [0.29, 0.717) is 23.8 Å². The zero-order valence-corrected chi connectivity index (χ0v) is 21.9. The average molecular weight is 512 g/mol. The molecule has 2 N–H and O–H groups in total. The molecular weight excluding hydrogens is 474 g/mol. The number of ether oxygens (including phenoxy) is 4. The van der Waals surface area contributed by atoms with E-state index in [1.807, 2.05) is 38.1 Å². The minimum atomic E-state index is -0.564. The Balaban J connectivity index is 2.08. The number of rotatable bonds is 14. The molecule has 8 nitrogen and oxygen atoms in total. The fourth-order valence-electron chi connectivity index (χ4n) is 3.56. The molecule has 0 saturated carbocycles. The molecule has 0 aromatic heterocycles. The fourth-order valence-corrected chi connectivity index (χ4v) is 3.56. The van der Waals surface area contributed by atoms with Crippen molar-refractivity contribution in [3.05, 3.63) is 77.9 Å². The predicted molar refractivity (Wildman–Crippen MR) is 143 cm³/mol. The lowest BCUT2D eigenvalue weighted by Gasteiger charge is -2.25. The highest BCUT2D eigenvalue weighted by Crippen LogP contribution is 2.31. The second-order valence-corrected chi connectivity index (χ2v) is 8.42. The second-order valence-electron chi connectivity index (χ2n) is 8.42. The molecule has 2 aromatic carbocycles. The number of carbonyl (C=O) groups is 2. The molecule has 0 aliphatic carbocycles. The van der Waals surface area contributed by atoms with Crippen molar-refractivity contribution in [1.29, 1.82) is 0 Å². The molecule has 1 amide bonds. The number of aliphatic hydroxyl groups excluding tert-OH is 1. The van der Waals surface area contributed by atoms with Crippen molar-refractivity contribution < 1.29 is 33.6 Å². The monoisotopic (exact) mass is 511 g/mol.